The highest BCUT2D eigenvalue weighted by Gasteiger charge is 2.27. The summed E-state index contributed by atoms with van der Waals surface area (Å²) in [6, 6.07) is 7.51. The maximum Gasteiger partial charge on any atom is 0.411 e. The minimum Gasteiger partial charge on any atom is -0.378 e. The molecule has 1 amide bonds. The summed E-state index contributed by atoms with van der Waals surface area (Å²) in [5.74, 6) is 0.0171. The van der Waals surface area contributed by atoms with Crippen LogP contribution in [0.1, 0.15) is 16.8 Å². The van der Waals surface area contributed by atoms with Gasteiger partial charge >= 0.3 is 6.18 Å². The maximum absolute atomic E-state index is 12.5. The normalized spacial score (nSPS) is 16.0. The molecular weight excluding hydrogens is 347 g/mol. The van der Waals surface area contributed by atoms with Gasteiger partial charge in [-0.25, -0.2) is 0 Å². The van der Waals surface area contributed by atoms with Crippen LogP contribution in [-0.2, 0) is 4.74 Å². The van der Waals surface area contributed by atoms with Crippen molar-refractivity contribution < 1.29 is 22.7 Å². The van der Waals surface area contributed by atoms with Crippen LogP contribution in [-0.4, -0.2) is 81.9 Å². The van der Waals surface area contributed by atoms with Crippen LogP contribution in [0.15, 0.2) is 24.3 Å². The number of hydrogen-bond acceptors (Lipinski definition) is 4. The number of rotatable bonds is 7. The zero-order chi connectivity index (χ0) is 19.2. The highest BCUT2D eigenvalue weighted by molar-refractivity contribution is 5.94. The van der Waals surface area contributed by atoms with Crippen molar-refractivity contribution in [3.8, 4) is 0 Å². The lowest BCUT2D eigenvalue weighted by Crippen LogP contribution is -2.49. The van der Waals surface area contributed by atoms with Crippen molar-refractivity contribution in [2.75, 3.05) is 64.9 Å². The number of nitrogens with zero attached hydrogens (tertiary/aromatic N) is 3. The zero-order valence-electron chi connectivity index (χ0n) is 15.3. The number of alkyl halides is 3. The summed E-state index contributed by atoms with van der Waals surface area (Å²) >= 11 is 0. The third kappa shape index (κ3) is 6.49. The molecule has 1 aromatic carbocycles. The van der Waals surface area contributed by atoms with Gasteiger partial charge in [0.2, 0.25) is 0 Å². The van der Waals surface area contributed by atoms with Gasteiger partial charge in [0.05, 0.1) is 0 Å². The average molecular weight is 373 g/mol. The summed E-state index contributed by atoms with van der Waals surface area (Å²) in [4.78, 5) is 18.5. The molecule has 1 aliphatic rings. The first-order valence-corrected chi connectivity index (χ1v) is 8.70. The highest BCUT2D eigenvalue weighted by atomic mass is 19.4. The topological polar surface area (TPSA) is 36.0 Å². The molecular formula is C18H26F3N3O2. The quantitative estimate of drug-likeness (QED) is 0.688. The van der Waals surface area contributed by atoms with E-state index >= 15 is 0 Å². The molecule has 0 bridgehead atoms. The van der Waals surface area contributed by atoms with E-state index in [-0.39, 0.29) is 12.5 Å². The summed E-state index contributed by atoms with van der Waals surface area (Å²) in [7, 11) is 3.90. The zero-order valence-corrected chi connectivity index (χ0v) is 15.3. The number of benzene rings is 1. The lowest BCUT2D eigenvalue weighted by atomic mass is 10.1. The molecule has 0 atom stereocenters. The Morgan fingerprint density at radius 1 is 1.12 bits per heavy atom. The van der Waals surface area contributed by atoms with E-state index in [2.05, 4.69) is 9.64 Å². The van der Waals surface area contributed by atoms with Crippen LogP contribution in [0.4, 0.5) is 18.9 Å². The molecule has 1 aromatic rings. The second kappa shape index (κ2) is 9.23. The minimum atomic E-state index is -4.27. The monoisotopic (exact) mass is 373 g/mol. The Morgan fingerprint density at radius 2 is 1.73 bits per heavy atom. The van der Waals surface area contributed by atoms with Gasteiger partial charge in [0.25, 0.3) is 5.91 Å². The van der Waals surface area contributed by atoms with Crippen LogP contribution in [0.5, 0.6) is 0 Å². The van der Waals surface area contributed by atoms with Gasteiger partial charge in [0.15, 0.2) is 0 Å². The van der Waals surface area contributed by atoms with Gasteiger partial charge in [-0.1, -0.05) is 0 Å². The maximum atomic E-state index is 12.5. The number of hydrogen-bond donors (Lipinski definition) is 0. The van der Waals surface area contributed by atoms with Gasteiger partial charge in [-0.2, -0.15) is 13.2 Å². The second-order valence-corrected chi connectivity index (χ2v) is 6.60. The van der Waals surface area contributed by atoms with Gasteiger partial charge in [-0.15, -0.1) is 0 Å². The molecule has 1 saturated heterocycles. The van der Waals surface area contributed by atoms with Gasteiger partial charge in [-0.3, -0.25) is 9.69 Å². The molecule has 1 heterocycles. The Balaban J connectivity index is 1.70. The Morgan fingerprint density at radius 3 is 2.27 bits per heavy atom. The Kier molecular flexibility index (Phi) is 7.28. The predicted molar refractivity (Wildman–Crippen MR) is 94.6 cm³/mol. The van der Waals surface area contributed by atoms with Crippen molar-refractivity contribution in [2.24, 2.45) is 0 Å². The Bertz CT molecular complexity index is 568. The van der Waals surface area contributed by atoms with E-state index in [0.29, 0.717) is 31.6 Å². The number of anilines is 1. The third-order valence-corrected chi connectivity index (χ3v) is 4.32. The van der Waals surface area contributed by atoms with Gasteiger partial charge in [0.1, 0.15) is 6.61 Å². The lowest BCUT2D eigenvalue weighted by Gasteiger charge is -2.34. The first-order valence-electron chi connectivity index (χ1n) is 8.70. The number of amides is 1. The number of piperazine rings is 1. The minimum absolute atomic E-state index is 0.0171. The van der Waals surface area contributed by atoms with Crippen LogP contribution in [0.3, 0.4) is 0 Å². The standard InChI is InChI=1S/C18H26F3N3O2/c1-22(2)16-6-4-15(5-7-16)17(25)24-11-9-23(10-12-24)8-3-13-26-14-18(19,20)21/h4-7H,3,8-14H2,1-2H3. The molecule has 26 heavy (non-hydrogen) atoms. The number of carbonyl (C=O) groups is 1. The van der Waals surface area contributed by atoms with Gasteiger partial charge in [0, 0.05) is 64.7 Å². The Labute approximate surface area is 152 Å². The molecule has 0 aliphatic carbocycles. The smallest absolute Gasteiger partial charge is 0.378 e. The first kappa shape index (κ1) is 20.5. The molecule has 5 nitrogen and oxygen atoms in total. The van der Waals surface area contributed by atoms with Crippen molar-refractivity contribution >= 4 is 11.6 Å². The van der Waals surface area contributed by atoms with Crippen molar-refractivity contribution in [1.29, 1.82) is 0 Å². The molecule has 0 radical (unpaired) electrons. The fourth-order valence-electron chi connectivity index (χ4n) is 2.84. The molecule has 0 spiro atoms. The SMILES string of the molecule is CN(C)c1ccc(C(=O)N2CCN(CCCOCC(F)(F)F)CC2)cc1. The van der Waals surface area contributed by atoms with E-state index in [0.717, 1.165) is 18.8 Å². The predicted octanol–water partition coefficient (Wildman–Crippen LogP) is 2.48. The van der Waals surface area contributed by atoms with Crippen molar-refractivity contribution in [2.45, 2.75) is 12.6 Å². The fraction of sp³-hybridized carbons (Fsp3) is 0.611. The third-order valence-electron chi connectivity index (χ3n) is 4.32. The molecule has 1 aliphatic heterocycles. The number of ether oxygens (including phenoxy) is 1. The van der Waals surface area contributed by atoms with E-state index in [1.165, 1.54) is 0 Å². The first-order chi connectivity index (χ1) is 12.3. The summed E-state index contributed by atoms with van der Waals surface area (Å²) in [6.45, 7) is 2.27. The number of halogens is 3. The van der Waals surface area contributed by atoms with Crippen molar-refractivity contribution in [1.82, 2.24) is 9.80 Å². The summed E-state index contributed by atoms with van der Waals surface area (Å²) in [6.07, 6.45) is -3.72. The molecule has 8 heteroatoms. The van der Waals surface area contributed by atoms with Crippen LogP contribution in [0.25, 0.3) is 0 Å². The molecule has 0 unspecified atom stereocenters. The summed E-state index contributed by atoms with van der Waals surface area (Å²) in [5, 5.41) is 0. The van der Waals surface area contributed by atoms with Crippen LogP contribution < -0.4 is 4.90 Å². The number of carbonyl (C=O) groups excluding carboxylic acids is 1. The largest absolute Gasteiger partial charge is 0.411 e. The van der Waals surface area contributed by atoms with Crippen LogP contribution in [0.2, 0.25) is 0 Å². The average Bonchev–Trinajstić information content (AvgIpc) is 2.60. The molecule has 0 saturated carbocycles. The summed E-state index contributed by atoms with van der Waals surface area (Å²) < 4.78 is 40.6. The molecule has 0 aromatic heterocycles. The second-order valence-electron chi connectivity index (χ2n) is 6.60. The van der Waals surface area contributed by atoms with Gasteiger partial charge < -0.3 is 14.5 Å². The van der Waals surface area contributed by atoms with Crippen LogP contribution >= 0.6 is 0 Å². The highest BCUT2D eigenvalue weighted by Crippen LogP contribution is 2.16. The van der Waals surface area contributed by atoms with E-state index in [1.54, 1.807) is 0 Å². The Hall–Kier alpha value is -1.80. The lowest BCUT2D eigenvalue weighted by molar-refractivity contribution is -0.174. The molecule has 2 rings (SSSR count). The van der Waals surface area contributed by atoms with Crippen molar-refractivity contribution in [3.05, 3.63) is 29.8 Å². The van der Waals surface area contributed by atoms with Crippen LogP contribution in [0, 0.1) is 0 Å². The van der Waals surface area contributed by atoms with E-state index in [4.69, 9.17) is 0 Å². The fourth-order valence-corrected chi connectivity index (χ4v) is 2.84. The van der Waals surface area contributed by atoms with E-state index in [9.17, 15) is 18.0 Å². The van der Waals surface area contributed by atoms with Crippen molar-refractivity contribution in [3.63, 3.8) is 0 Å². The van der Waals surface area contributed by atoms with Gasteiger partial charge in [-0.05, 0) is 30.7 Å². The molecule has 0 N–H and O–H groups in total. The molecule has 1 fully saturated rings. The summed E-state index contributed by atoms with van der Waals surface area (Å²) in [5.41, 5.74) is 1.71. The molecule has 146 valence electrons. The van der Waals surface area contributed by atoms with E-state index in [1.807, 2.05) is 48.2 Å². The van der Waals surface area contributed by atoms with E-state index < -0.39 is 12.8 Å².